The summed E-state index contributed by atoms with van der Waals surface area (Å²) in [7, 11) is 0. The first-order valence-corrected chi connectivity index (χ1v) is 7.22. The highest BCUT2D eigenvalue weighted by Crippen LogP contribution is 2.47. The monoisotopic (exact) mass is 254 g/mol. The predicted molar refractivity (Wildman–Crippen MR) is 65.2 cm³/mol. The smallest absolute Gasteiger partial charge is 0.335 e. The number of ether oxygens (including phenoxy) is 1. The quantitative estimate of drug-likeness (QED) is 0.755. The third-order valence-electron chi connectivity index (χ3n) is 5.14. The van der Waals surface area contributed by atoms with Crippen LogP contribution in [0.3, 0.4) is 0 Å². The summed E-state index contributed by atoms with van der Waals surface area (Å²) < 4.78 is 5.63. The first-order valence-electron chi connectivity index (χ1n) is 7.22. The number of carbonyl (C=O) groups is 1. The maximum atomic E-state index is 11.3. The lowest BCUT2D eigenvalue weighted by molar-refractivity contribution is -0.170. The molecule has 102 valence electrons. The van der Waals surface area contributed by atoms with Gasteiger partial charge in [0.1, 0.15) is 0 Å². The van der Waals surface area contributed by atoms with Crippen LogP contribution in [0.5, 0.6) is 0 Å². The molecule has 3 fully saturated rings. The highest BCUT2D eigenvalue weighted by Gasteiger charge is 2.51. The number of hydrogen-bond donors (Lipinski definition) is 2. The zero-order valence-corrected chi connectivity index (χ0v) is 10.7. The van der Waals surface area contributed by atoms with Crippen molar-refractivity contribution in [3.63, 3.8) is 0 Å². The maximum absolute atomic E-state index is 11.3. The topological polar surface area (TPSA) is 70.1 Å². The van der Waals surface area contributed by atoms with E-state index in [4.69, 9.17) is 4.74 Å². The van der Waals surface area contributed by atoms with Gasteiger partial charge in [0.2, 0.25) is 0 Å². The molecule has 1 heterocycles. The Morgan fingerprint density at radius 2 is 2.06 bits per heavy atom. The predicted octanol–water partition coefficient (Wildman–Crippen LogP) is 1.95. The summed E-state index contributed by atoms with van der Waals surface area (Å²) in [5, 5.41) is 19.7. The molecule has 2 saturated carbocycles. The van der Waals surface area contributed by atoms with Crippen molar-refractivity contribution in [1.29, 1.82) is 0 Å². The number of epoxide rings is 1. The highest BCUT2D eigenvalue weighted by molar-refractivity contribution is 5.77. The normalized spacial score (nSPS) is 47.4. The minimum absolute atomic E-state index is 0.0864. The molecule has 18 heavy (non-hydrogen) atoms. The van der Waals surface area contributed by atoms with E-state index < -0.39 is 11.6 Å². The summed E-state index contributed by atoms with van der Waals surface area (Å²) in [6, 6.07) is 0. The van der Waals surface area contributed by atoms with Crippen molar-refractivity contribution in [2.45, 2.75) is 69.2 Å². The number of hydrogen-bond acceptors (Lipinski definition) is 3. The highest BCUT2D eigenvalue weighted by atomic mass is 16.6. The Morgan fingerprint density at radius 1 is 1.22 bits per heavy atom. The van der Waals surface area contributed by atoms with Gasteiger partial charge in [-0.25, -0.2) is 4.79 Å². The molecule has 2 N–H and O–H groups in total. The molecule has 0 bridgehead atoms. The molecule has 2 aliphatic carbocycles. The van der Waals surface area contributed by atoms with Crippen LogP contribution in [-0.2, 0) is 9.53 Å². The fourth-order valence-corrected chi connectivity index (χ4v) is 3.99. The van der Waals surface area contributed by atoms with Gasteiger partial charge in [-0.15, -0.1) is 0 Å². The van der Waals surface area contributed by atoms with Crippen LogP contribution in [0.4, 0.5) is 0 Å². The summed E-state index contributed by atoms with van der Waals surface area (Å²) >= 11 is 0. The molecular formula is C14H22O4. The van der Waals surface area contributed by atoms with Crippen molar-refractivity contribution in [3.8, 4) is 0 Å². The van der Waals surface area contributed by atoms with Gasteiger partial charge in [-0.05, 0) is 50.4 Å². The zero-order valence-electron chi connectivity index (χ0n) is 10.7. The first-order chi connectivity index (χ1) is 8.61. The average Bonchev–Trinajstić information content (AvgIpc) is 3.12. The molecule has 0 amide bonds. The molecule has 5 atom stereocenters. The van der Waals surface area contributed by atoms with Gasteiger partial charge in [0, 0.05) is 0 Å². The number of carboxylic acids is 1. The second kappa shape index (κ2) is 4.49. The van der Waals surface area contributed by atoms with Crippen LogP contribution in [0.25, 0.3) is 0 Å². The average molecular weight is 254 g/mol. The van der Waals surface area contributed by atoms with E-state index in [2.05, 4.69) is 0 Å². The van der Waals surface area contributed by atoms with Crippen molar-refractivity contribution < 1.29 is 19.7 Å². The van der Waals surface area contributed by atoms with Crippen LogP contribution < -0.4 is 0 Å². The fourth-order valence-electron chi connectivity index (χ4n) is 3.99. The number of fused-ring (bicyclic) bond motifs is 1. The van der Waals surface area contributed by atoms with Gasteiger partial charge >= 0.3 is 5.97 Å². The van der Waals surface area contributed by atoms with Crippen molar-refractivity contribution in [2.75, 3.05) is 0 Å². The SMILES string of the molecule is O=C(O)C1(O)CCCCC1CC1CCCC2OC12. The van der Waals surface area contributed by atoms with Crippen LogP contribution in [0.15, 0.2) is 0 Å². The lowest BCUT2D eigenvalue weighted by atomic mass is 9.69. The van der Waals surface area contributed by atoms with Gasteiger partial charge in [-0.3, -0.25) is 0 Å². The van der Waals surface area contributed by atoms with Crippen LogP contribution >= 0.6 is 0 Å². The summed E-state index contributed by atoms with van der Waals surface area (Å²) in [4.78, 5) is 11.3. The molecule has 4 nitrogen and oxygen atoms in total. The third kappa shape index (κ3) is 2.05. The van der Waals surface area contributed by atoms with Gasteiger partial charge < -0.3 is 14.9 Å². The molecule has 0 spiro atoms. The minimum Gasteiger partial charge on any atom is -0.479 e. The molecule has 0 aromatic carbocycles. The Hall–Kier alpha value is -0.610. The van der Waals surface area contributed by atoms with E-state index in [-0.39, 0.29) is 5.92 Å². The van der Waals surface area contributed by atoms with Crippen LogP contribution in [0.1, 0.15) is 51.4 Å². The minimum atomic E-state index is -1.49. The molecule has 0 radical (unpaired) electrons. The Kier molecular flexibility index (Phi) is 3.10. The molecule has 4 heteroatoms. The van der Waals surface area contributed by atoms with Gasteiger partial charge in [0.05, 0.1) is 12.2 Å². The molecule has 5 unspecified atom stereocenters. The zero-order chi connectivity index (χ0) is 12.8. The third-order valence-corrected chi connectivity index (χ3v) is 5.14. The molecule has 1 aliphatic heterocycles. The lowest BCUT2D eigenvalue weighted by Gasteiger charge is -2.38. The van der Waals surface area contributed by atoms with Crippen molar-refractivity contribution in [1.82, 2.24) is 0 Å². The second-order valence-electron chi connectivity index (χ2n) is 6.24. The standard InChI is InChI=1S/C14H22O4/c15-13(16)14(17)7-2-1-5-10(14)8-9-4-3-6-11-12(9)18-11/h9-12,17H,1-8H2,(H,15,16). The summed E-state index contributed by atoms with van der Waals surface area (Å²) in [5.41, 5.74) is -1.49. The van der Waals surface area contributed by atoms with Crippen LogP contribution in [0.2, 0.25) is 0 Å². The van der Waals surface area contributed by atoms with E-state index >= 15 is 0 Å². The largest absolute Gasteiger partial charge is 0.479 e. The fraction of sp³-hybridized carbons (Fsp3) is 0.929. The lowest BCUT2D eigenvalue weighted by Crippen LogP contribution is -2.48. The Labute approximate surface area is 107 Å². The number of aliphatic hydroxyl groups is 1. The van der Waals surface area contributed by atoms with Gasteiger partial charge in [0.25, 0.3) is 0 Å². The Morgan fingerprint density at radius 3 is 2.83 bits per heavy atom. The molecule has 3 aliphatic rings. The van der Waals surface area contributed by atoms with Gasteiger partial charge in [-0.1, -0.05) is 12.8 Å². The first kappa shape index (κ1) is 12.4. The molecule has 0 aromatic rings. The van der Waals surface area contributed by atoms with Crippen LogP contribution in [-0.4, -0.2) is 34.0 Å². The molecule has 0 aromatic heterocycles. The van der Waals surface area contributed by atoms with E-state index in [1.165, 1.54) is 6.42 Å². The Balaban J connectivity index is 1.67. The van der Waals surface area contributed by atoms with E-state index in [9.17, 15) is 15.0 Å². The van der Waals surface area contributed by atoms with E-state index in [0.717, 1.165) is 38.5 Å². The van der Waals surface area contributed by atoms with Gasteiger partial charge in [-0.2, -0.15) is 0 Å². The number of rotatable bonds is 3. The number of carboxylic acid groups (broad SMARTS) is 1. The summed E-state index contributed by atoms with van der Waals surface area (Å²) in [6.45, 7) is 0. The number of aliphatic carboxylic acids is 1. The van der Waals surface area contributed by atoms with E-state index in [1.54, 1.807) is 0 Å². The van der Waals surface area contributed by atoms with Crippen molar-refractivity contribution >= 4 is 5.97 Å². The summed E-state index contributed by atoms with van der Waals surface area (Å²) in [5.74, 6) is -0.648. The van der Waals surface area contributed by atoms with E-state index in [1.807, 2.05) is 0 Å². The maximum Gasteiger partial charge on any atom is 0.335 e. The van der Waals surface area contributed by atoms with E-state index in [0.29, 0.717) is 24.5 Å². The van der Waals surface area contributed by atoms with Gasteiger partial charge in [0.15, 0.2) is 5.60 Å². The molecular weight excluding hydrogens is 232 g/mol. The molecule has 3 rings (SSSR count). The second-order valence-corrected chi connectivity index (χ2v) is 6.24. The summed E-state index contributed by atoms with van der Waals surface area (Å²) in [6.07, 6.45) is 8.22. The molecule has 1 saturated heterocycles. The van der Waals surface area contributed by atoms with Crippen molar-refractivity contribution in [3.05, 3.63) is 0 Å². The van der Waals surface area contributed by atoms with Crippen molar-refractivity contribution in [2.24, 2.45) is 11.8 Å². The van der Waals surface area contributed by atoms with Crippen LogP contribution in [0, 0.1) is 11.8 Å². The Bertz CT molecular complexity index is 343.